The van der Waals surface area contributed by atoms with Gasteiger partial charge in [-0.3, -0.25) is 14.4 Å². The van der Waals surface area contributed by atoms with Crippen LogP contribution in [0.5, 0.6) is 5.75 Å². The van der Waals surface area contributed by atoms with Gasteiger partial charge >= 0.3 is 0 Å². The van der Waals surface area contributed by atoms with Crippen LogP contribution < -0.4 is 20.4 Å². The highest BCUT2D eigenvalue weighted by molar-refractivity contribution is 6.18. The summed E-state index contributed by atoms with van der Waals surface area (Å²) < 4.78 is 6.09. The average molecular weight is 541 g/mol. The van der Waals surface area contributed by atoms with Crippen LogP contribution in [-0.4, -0.2) is 29.7 Å². The van der Waals surface area contributed by atoms with E-state index in [1.54, 1.807) is 36.4 Å². The Hall–Kier alpha value is -4.46. The van der Waals surface area contributed by atoms with Crippen molar-refractivity contribution in [1.29, 1.82) is 0 Å². The van der Waals surface area contributed by atoms with E-state index in [2.05, 4.69) is 36.5 Å². The van der Waals surface area contributed by atoms with Crippen molar-refractivity contribution in [3.8, 4) is 5.75 Å². The molecule has 208 valence electrons. The molecular formula is C32H36N4O4. The first kappa shape index (κ1) is 28.5. The molecule has 3 aromatic carbocycles. The molecule has 1 heterocycles. The highest BCUT2D eigenvalue weighted by Gasteiger charge is 2.28. The van der Waals surface area contributed by atoms with E-state index in [0.29, 0.717) is 22.7 Å². The Balaban J connectivity index is 1.41. The van der Waals surface area contributed by atoms with Crippen LogP contribution in [0.2, 0.25) is 0 Å². The lowest BCUT2D eigenvalue weighted by atomic mass is 9.82. The van der Waals surface area contributed by atoms with E-state index in [0.717, 1.165) is 6.42 Å². The molecule has 1 atom stereocenters. The molecule has 0 spiro atoms. The largest absolute Gasteiger partial charge is 0.480 e. The maximum absolute atomic E-state index is 13.2. The van der Waals surface area contributed by atoms with Crippen molar-refractivity contribution in [3.63, 3.8) is 0 Å². The molecule has 1 unspecified atom stereocenters. The van der Waals surface area contributed by atoms with Gasteiger partial charge in [-0.2, -0.15) is 10.1 Å². The second-order valence-electron chi connectivity index (χ2n) is 10.8. The van der Waals surface area contributed by atoms with Crippen LogP contribution in [0.4, 0.5) is 11.4 Å². The van der Waals surface area contributed by atoms with Gasteiger partial charge in [-0.05, 0) is 65.8 Å². The van der Waals surface area contributed by atoms with Gasteiger partial charge in [0.15, 0.2) is 6.10 Å². The normalized spacial score (nSPS) is 14.1. The highest BCUT2D eigenvalue weighted by atomic mass is 16.5. The topological polar surface area (TPSA) is 100 Å². The maximum atomic E-state index is 13.2. The number of hydrogen-bond acceptors (Lipinski definition) is 5. The number of carbonyl (C=O) groups excluding carboxylic acids is 3. The minimum atomic E-state index is -0.731. The van der Waals surface area contributed by atoms with E-state index in [9.17, 15) is 14.4 Å². The lowest BCUT2D eigenvalue weighted by Gasteiger charge is -2.25. The Bertz CT molecular complexity index is 1400. The molecule has 3 amide bonds. The first-order valence-electron chi connectivity index (χ1n) is 13.5. The van der Waals surface area contributed by atoms with Crippen LogP contribution in [0.15, 0.2) is 84.0 Å². The highest BCUT2D eigenvalue weighted by Crippen LogP contribution is 2.29. The fourth-order valence-electron chi connectivity index (χ4n) is 4.25. The van der Waals surface area contributed by atoms with Crippen LogP contribution in [-0.2, 0) is 15.0 Å². The van der Waals surface area contributed by atoms with Gasteiger partial charge in [0.1, 0.15) is 11.6 Å². The predicted molar refractivity (Wildman–Crippen MR) is 158 cm³/mol. The standard InChI is InChI=1S/C32H36N4O4/c1-6-32(4,5)23-15-17-26(18-16-23)40-29(21(2)3)31(39)33-24-12-10-11-22(19-24)30(38)34-27-20-28(37)36(35-27)25-13-8-7-9-14-25/h7-19,21,29H,6,20H2,1-5H3,(H,33,39)(H,34,35,38). The van der Waals surface area contributed by atoms with Crippen LogP contribution in [0.1, 0.15) is 63.4 Å². The molecule has 1 aliphatic rings. The zero-order valence-electron chi connectivity index (χ0n) is 23.6. The third-order valence-electron chi connectivity index (χ3n) is 7.07. The van der Waals surface area contributed by atoms with Gasteiger partial charge in [0, 0.05) is 11.3 Å². The number of hydrazone groups is 1. The molecule has 0 saturated heterocycles. The summed E-state index contributed by atoms with van der Waals surface area (Å²) in [5.74, 6) is -0.183. The minimum Gasteiger partial charge on any atom is -0.480 e. The van der Waals surface area contributed by atoms with Gasteiger partial charge in [0.05, 0.1) is 12.1 Å². The van der Waals surface area contributed by atoms with Crippen LogP contribution in [0, 0.1) is 5.92 Å². The monoisotopic (exact) mass is 540 g/mol. The van der Waals surface area contributed by atoms with Crippen LogP contribution in [0.3, 0.4) is 0 Å². The van der Waals surface area contributed by atoms with Crippen molar-refractivity contribution in [2.75, 3.05) is 10.3 Å². The Morgan fingerprint density at radius 2 is 1.68 bits per heavy atom. The summed E-state index contributed by atoms with van der Waals surface area (Å²) in [6.45, 7) is 10.4. The molecule has 0 radical (unpaired) electrons. The van der Waals surface area contributed by atoms with E-state index < -0.39 is 12.0 Å². The first-order valence-corrected chi connectivity index (χ1v) is 13.5. The summed E-state index contributed by atoms with van der Waals surface area (Å²) in [6.07, 6.45) is 0.270. The van der Waals surface area contributed by atoms with Gasteiger partial charge < -0.3 is 15.4 Å². The third-order valence-corrected chi connectivity index (χ3v) is 7.07. The lowest BCUT2D eigenvalue weighted by molar-refractivity contribution is -0.124. The zero-order chi connectivity index (χ0) is 28.9. The second kappa shape index (κ2) is 12.2. The number of carbonyl (C=O) groups is 3. The Kier molecular flexibility index (Phi) is 8.67. The predicted octanol–water partition coefficient (Wildman–Crippen LogP) is 5.90. The van der Waals surface area contributed by atoms with Crippen molar-refractivity contribution in [2.45, 2.75) is 59.0 Å². The molecule has 0 fully saturated rings. The smallest absolute Gasteiger partial charge is 0.265 e. The van der Waals surface area contributed by atoms with E-state index in [4.69, 9.17) is 4.74 Å². The molecule has 0 aliphatic carbocycles. The number of amidine groups is 1. The third kappa shape index (κ3) is 6.75. The molecule has 4 rings (SSSR count). The Labute approximate surface area is 235 Å². The Morgan fingerprint density at radius 1 is 0.975 bits per heavy atom. The van der Waals surface area contributed by atoms with E-state index >= 15 is 0 Å². The summed E-state index contributed by atoms with van der Waals surface area (Å²) in [7, 11) is 0. The lowest BCUT2D eigenvalue weighted by Crippen LogP contribution is -2.37. The minimum absolute atomic E-state index is 0.0125. The van der Waals surface area contributed by atoms with Crippen molar-refractivity contribution >= 4 is 34.9 Å². The summed E-state index contributed by atoms with van der Waals surface area (Å²) in [5.41, 5.74) is 2.68. The molecule has 3 aromatic rings. The molecule has 40 heavy (non-hydrogen) atoms. The number of benzene rings is 3. The SMILES string of the molecule is CCC(C)(C)c1ccc(OC(C(=O)Nc2cccc(C(=O)NC3=NN(c4ccccc4)C(=O)C3)c2)C(C)C)cc1. The zero-order valence-corrected chi connectivity index (χ0v) is 23.6. The first-order chi connectivity index (χ1) is 19.1. The Morgan fingerprint density at radius 3 is 2.33 bits per heavy atom. The van der Waals surface area contributed by atoms with E-state index in [1.165, 1.54) is 10.6 Å². The fraction of sp³-hybridized carbons (Fsp3) is 0.312. The second-order valence-corrected chi connectivity index (χ2v) is 10.8. The number of rotatable bonds is 9. The number of hydrogen-bond donors (Lipinski definition) is 2. The van der Waals surface area contributed by atoms with Gasteiger partial charge in [-0.1, -0.05) is 71.0 Å². The van der Waals surface area contributed by atoms with Crippen LogP contribution >= 0.6 is 0 Å². The molecule has 8 heteroatoms. The van der Waals surface area contributed by atoms with Gasteiger partial charge in [0.25, 0.3) is 17.7 Å². The van der Waals surface area contributed by atoms with Crippen molar-refractivity contribution < 1.29 is 19.1 Å². The van der Waals surface area contributed by atoms with Gasteiger partial charge in [0.2, 0.25) is 0 Å². The fourth-order valence-corrected chi connectivity index (χ4v) is 4.25. The summed E-state index contributed by atoms with van der Waals surface area (Å²) in [6, 6.07) is 23.5. The summed E-state index contributed by atoms with van der Waals surface area (Å²) in [4.78, 5) is 38.5. The van der Waals surface area contributed by atoms with Crippen molar-refractivity contribution in [1.82, 2.24) is 5.32 Å². The van der Waals surface area contributed by atoms with Gasteiger partial charge in [-0.25, -0.2) is 0 Å². The quantitative estimate of drug-likeness (QED) is 0.353. The number of amides is 3. The molecule has 1 aliphatic heterocycles. The summed E-state index contributed by atoms with van der Waals surface area (Å²) >= 11 is 0. The molecule has 0 saturated carbocycles. The van der Waals surface area contributed by atoms with Crippen molar-refractivity contribution in [2.24, 2.45) is 11.0 Å². The maximum Gasteiger partial charge on any atom is 0.265 e. The van der Waals surface area contributed by atoms with Crippen LogP contribution in [0.25, 0.3) is 0 Å². The van der Waals surface area contributed by atoms with Gasteiger partial charge in [-0.15, -0.1) is 0 Å². The molecule has 0 bridgehead atoms. The molecular weight excluding hydrogens is 504 g/mol. The number of anilines is 2. The average Bonchev–Trinajstić information content (AvgIpc) is 3.31. The molecule has 0 aromatic heterocycles. The summed E-state index contributed by atoms with van der Waals surface area (Å²) in [5, 5.41) is 11.1. The number of nitrogens with one attached hydrogen (secondary N) is 2. The van der Waals surface area contributed by atoms with Crippen molar-refractivity contribution in [3.05, 3.63) is 90.0 Å². The number of nitrogens with zero attached hydrogens (tertiary/aromatic N) is 2. The molecule has 8 nitrogen and oxygen atoms in total. The molecule has 2 N–H and O–H groups in total. The number of para-hydroxylation sites is 1. The van der Waals surface area contributed by atoms with E-state index in [1.807, 2.05) is 56.3 Å². The number of ether oxygens (including phenoxy) is 1. The van der Waals surface area contributed by atoms with E-state index in [-0.39, 0.29) is 35.4 Å².